The van der Waals surface area contributed by atoms with E-state index in [-0.39, 0.29) is 18.3 Å². The summed E-state index contributed by atoms with van der Waals surface area (Å²) in [5, 5.41) is 0. The SMILES string of the molecule is CN(C(=O)C[N+](C)(C)C)c1ccccc1.[Cl-]. The molecule has 0 atom stereocenters. The van der Waals surface area contributed by atoms with Crippen LogP contribution in [-0.2, 0) is 4.79 Å². The molecule has 4 heteroatoms. The second-order valence-electron chi connectivity index (χ2n) is 4.74. The van der Waals surface area contributed by atoms with Crippen LogP contribution < -0.4 is 17.3 Å². The molecule has 0 radical (unpaired) electrons. The number of benzene rings is 1. The maximum Gasteiger partial charge on any atom is 0.281 e. The number of halogens is 1. The van der Waals surface area contributed by atoms with E-state index in [1.165, 1.54) is 0 Å². The molecule has 0 unspecified atom stereocenters. The van der Waals surface area contributed by atoms with Crippen molar-refractivity contribution in [2.24, 2.45) is 0 Å². The lowest BCUT2D eigenvalue weighted by molar-refractivity contribution is -0.862. The lowest BCUT2D eigenvalue weighted by Crippen LogP contribution is -3.00. The van der Waals surface area contributed by atoms with Gasteiger partial charge in [-0.1, -0.05) is 18.2 Å². The Balaban J connectivity index is 0.00000225. The monoisotopic (exact) mass is 242 g/mol. The number of rotatable bonds is 3. The topological polar surface area (TPSA) is 20.3 Å². The summed E-state index contributed by atoms with van der Waals surface area (Å²) in [5.41, 5.74) is 0.941. The summed E-state index contributed by atoms with van der Waals surface area (Å²) in [4.78, 5) is 13.6. The number of amides is 1. The summed E-state index contributed by atoms with van der Waals surface area (Å²) in [5.74, 6) is 0.133. The van der Waals surface area contributed by atoms with Gasteiger partial charge in [-0.2, -0.15) is 0 Å². The molecule has 1 amide bonds. The molecule has 16 heavy (non-hydrogen) atoms. The Morgan fingerprint density at radius 2 is 1.69 bits per heavy atom. The fourth-order valence-electron chi connectivity index (χ4n) is 1.31. The molecule has 0 aliphatic carbocycles. The van der Waals surface area contributed by atoms with Crippen molar-refractivity contribution in [1.82, 2.24) is 0 Å². The van der Waals surface area contributed by atoms with Crippen LogP contribution in [0, 0.1) is 0 Å². The van der Waals surface area contributed by atoms with E-state index in [1.54, 1.807) is 4.90 Å². The maximum absolute atomic E-state index is 11.9. The van der Waals surface area contributed by atoms with E-state index >= 15 is 0 Å². The Hall–Kier alpha value is -1.06. The van der Waals surface area contributed by atoms with Crippen LogP contribution in [0.25, 0.3) is 0 Å². The molecule has 0 aliphatic heterocycles. The van der Waals surface area contributed by atoms with E-state index in [1.807, 2.05) is 58.5 Å². The second-order valence-corrected chi connectivity index (χ2v) is 4.74. The molecule has 1 aromatic rings. The zero-order valence-corrected chi connectivity index (χ0v) is 11.0. The van der Waals surface area contributed by atoms with Crippen LogP contribution in [0.3, 0.4) is 0 Å². The summed E-state index contributed by atoms with van der Waals surface area (Å²) >= 11 is 0. The van der Waals surface area contributed by atoms with Crippen molar-refractivity contribution < 1.29 is 21.7 Å². The molecule has 90 valence electrons. The number of carbonyl (C=O) groups excluding carboxylic acids is 1. The number of hydrogen-bond acceptors (Lipinski definition) is 1. The van der Waals surface area contributed by atoms with E-state index in [4.69, 9.17) is 0 Å². The number of hydrogen-bond donors (Lipinski definition) is 0. The predicted octanol–water partition coefficient (Wildman–Crippen LogP) is -1.64. The third-order valence-corrected chi connectivity index (χ3v) is 2.13. The van der Waals surface area contributed by atoms with Crippen LogP contribution in [0.4, 0.5) is 5.69 Å². The number of anilines is 1. The lowest BCUT2D eigenvalue weighted by atomic mass is 10.3. The molecule has 1 rings (SSSR count). The van der Waals surface area contributed by atoms with Crippen molar-refractivity contribution in [2.45, 2.75) is 0 Å². The largest absolute Gasteiger partial charge is 1.00 e. The van der Waals surface area contributed by atoms with E-state index in [9.17, 15) is 4.79 Å². The smallest absolute Gasteiger partial charge is 0.281 e. The van der Waals surface area contributed by atoms with Crippen LogP contribution >= 0.6 is 0 Å². The van der Waals surface area contributed by atoms with Gasteiger partial charge in [0.2, 0.25) is 0 Å². The molecule has 0 bridgehead atoms. The first-order valence-corrected chi connectivity index (χ1v) is 5.02. The number of quaternary nitrogens is 1. The lowest BCUT2D eigenvalue weighted by Gasteiger charge is -2.26. The molecule has 0 aromatic heterocycles. The van der Waals surface area contributed by atoms with Crippen molar-refractivity contribution >= 4 is 11.6 Å². The highest BCUT2D eigenvalue weighted by Crippen LogP contribution is 2.11. The van der Waals surface area contributed by atoms with Crippen molar-refractivity contribution in [2.75, 3.05) is 39.6 Å². The number of para-hydroxylation sites is 1. The third kappa shape index (κ3) is 4.64. The molecule has 0 spiro atoms. The fourth-order valence-corrected chi connectivity index (χ4v) is 1.31. The summed E-state index contributed by atoms with van der Waals surface area (Å²) in [6.45, 7) is 0.505. The molecule has 0 saturated heterocycles. The second kappa shape index (κ2) is 5.87. The zero-order valence-electron chi connectivity index (χ0n) is 10.3. The molecule has 0 fully saturated rings. The van der Waals surface area contributed by atoms with Gasteiger partial charge in [-0.25, -0.2) is 0 Å². The minimum absolute atomic E-state index is 0. The van der Waals surface area contributed by atoms with Gasteiger partial charge in [0.25, 0.3) is 5.91 Å². The Kier molecular flexibility index (Phi) is 5.48. The zero-order chi connectivity index (χ0) is 11.5. The molecular weight excluding hydrogens is 224 g/mol. The number of likely N-dealkylation sites (N-methyl/N-ethyl adjacent to an activating group) is 2. The quantitative estimate of drug-likeness (QED) is 0.583. The Bertz CT molecular complexity index is 333. The average Bonchev–Trinajstić information content (AvgIpc) is 2.15. The normalized spacial score (nSPS) is 10.5. The minimum atomic E-state index is 0. The van der Waals surface area contributed by atoms with Crippen molar-refractivity contribution in [1.29, 1.82) is 0 Å². The molecule has 0 heterocycles. The van der Waals surface area contributed by atoms with Crippen LogP contribution in [-0.4, -0.2) is 45.1 Å². The predicted molar refractivity (Wildman–Crippen MR) is 62.8 cm³/mol. The number of carbonyl (C=O) groups is 1. The molecule has 0 N–H and O–H groups in total. The average molecular weight is 243 g/mol. The summed E-state index contributed by atoms with van der Waals surface area (Å²) in [6.07, 6.45) is 0. The molecular formula is C12H19ClN2O. The third-order valence-electron chi connectivity index (χ3n) is 2.13. The van der Waals surface area contributed by atoms with E-state index in [2.05, 4.69) is 0 Å². The minimum Gasteiger partial charge on any atom is -1.00 e. The van der Waals surface area contributed by atoms with Gasteiger partial charge in [0.1, 0.15) is 0 Å². The van der Waals surface area contributed by atoms with Crippen molar-refractivity contribution in [3.05, 3.63) is 30.3 Å². The van der Waals surface area contributed by atoms with Crippen LogP contribution in [0.2, 0.25) is 0 Å². The van der Waals surface area contributed by atoms with Gasteiger partial charge in [-0.15, -0.1) is 0 Å². The van der Waals surface area contributed by atoms with Crippen LogP contribution in [0.15, 0.2) is 30.3 Å². The highest BCUT2D eigenvalue weighted by molar-refractivity contribution is 5.93. The fraction of sp³-hybridized carbons (Fsp3) is 0.417. The first kappa shape index (κ1) is 14.9. The highest BCUT2D eigenvalue weighted by atomic mass is 35.5. The summed E-state index contributed by atoms with van der Waals surface area (Å²) < 4.78 is 0.649. The van der Waals surface area contributed by atoms with E-state index < -0.39 is 0 Å². The summed E-state index contributed by atoms with van der Waals surface area (Å²) in [7, 11) is 7.84. The first-order chi connectivity index (χ1) is 6.90. The Morgan fingerprint density at radius 3 is 2.12 bits per heavy atom. The van der Waals surface area contributed by atoms with Gasteiger partial charge in [0.15, 0.2) is 6.54 Å². The maximum atomic E-state index is 11.9. The van der Waals surface area contributed by atoms with Crippen molar-refractivity contribution in [3.8, 4) is 0 Å². The van der Waals surface area contributed by atoms with Gasteiger partial charge in [-0.05, 0) is 12.1 Å². The Morgan fingerprint density at radius 1 is 1.19 bits per heavy atom. The van der Waals surface area contributed by atoms with Crippen LogP contribution in [0.1, 0.15) is 0 Å². The number of nitrogens with zero attached hydrogens (tertiary/aromatic N) is 2. The van der Waals surface area contributed by atoms with Gasteiger partial charge < -0.3 is 21.8 Å². The standard InChI is InChI=1S/C12H19N2O.ClH/c1-13(11-8-6-5-7-9-11)12(15)10-14(2,3)4;/h5-9H,10H2,1-4H3;1H/q+1;/p-1. The van der Waals surface area contributed by atoms with Crippen molar-refractivity contribution in [3.63, 3.8) is 0 Å². The van der Waals surface area contributed by atoms with Gasteiger partial charge in [0, 0.05) is 12.7 Å². The molecule has 1 aromatic carbocycles. The van der Waals surface area contributed by atoms with Gasteiger partial charge in [0.05, 0.1) is 21.1 Å². The van der Waals surface area contributed by atoms with Gasteiger partial charge in [-0.3, -0.25) is 4.79 Å². The Labute approximate surface area is 104 Å². The van der Waals surface area contributed by atoms with E-state index in [0.29, 0.717) is 11.0 Å². The van der Waals surface area contributed by atoms with Gasteiger partial charge >= 0.3 is 0 Å². The first-order valence-electron chi connectivity index (χ1n) is 5.02. The van der Waals surface area contributed by atoms with Crippen LogP contribution in [0.5, 0.6) is 0 Å². The summed E-state index contributed by atoms with van der Waals surface area (Å²) in [6, 6.07) is 9.69. The molecule has 3 nitrogen and oxygen atoms in total. The molecule has 0 saturated carbocycles. The van der Waals surface area contributed by atoms with E-state index in [0.717, 1.165) is 5.69 Å². The molecule has 0 aliphatic rings. The highest BCUT2D eigenvalue weighted by Gasteiger charge is 2.18.